The minimum Gasteiger partial charge on any atom is -0.507 e. The van der Waals surface area contributed by atoms with E-state index in [4.69, 9.17) is 24.1 Å². The molecule has 3 aliphatic heterocycles. The Morgan fingerprint density at radius 1 is 0.907 bits per heavy atom. The van der Waals surface area contributed by atoms with Crippen molar-refractivity contribution in [3.8, 4) is 11.5 Å². The van der Waals surface area contributed by atoms with Crippen LogP contribution in [-0.4, -0.2) is 86.2 Å². The maximum absolute atomic E-state index is 13.6. The van der Waals surface area contributed by atoms with Crippen molar-refractivity contribution in [1.82, 2.24) is 0 Å². The van der Waals surface area contributed by atoms with Gasteiger partial charge in [-0.25, -0.2) is 0 Å². The summed E-state index contributed by atoms with van der Waals surface area (Å²) in [6.07, 6.45) is -4.53. The second-order valence-electron chi connectivity index (χ2n) is 12.0. The lowest BCUT2D eigenvalue weighted by Crippen LogP contribution is -2.60. The van der Waals surface area contributed by atoms with Crippen LogP contribution in [0.5, 0.6) is 11.5 Å². The van der Waals surface area contributed by atoms with Gasteiger partial charge in [0.05, 0.1) is 41.5 Å². The van der Waals surface area contributed by atoms with Gasteiger partial charge in [-0.15, -0.1) is 0 Å². The highest BCUT2D eigenvalue weighted by Gasteiger charge is 2.50. The minimum atomic E-state index is -1.72. The molecule has 0 spiro atoms. The zero-order valence-corrected chi connectivity index (χ0v) is 23.7. The Hall–Kier alpha value is -3.68. The summed E-state index contributed by atoms with van der Waals surface area (Å²) < 4.78 is 24.2. The van der Waals surface area contributed by atoms with Crippen molar-refractivity contribution < 1.29 is 58.6 Å². The van der Waals surface area contributed by atoms with E-state index < -0.39 is 84.0 Å². The number of benzene rings is 2. The van der Waals surface area contributed by atoms with Gasteiger partial charge in [-0.1, -0.05) is 12.1 Å². The smallest absolute Gasteiger partial charge is 0.306 e. The average molecular weight is 597 g/mol. The molecule has 1 aliphatic carbocycles. The number of hydrogen-bond donors (Lipinski definition) is 4. The van der Waals surface area contributed by atoms with Gasteiger partial charge < -0.3 is 39.4 Å². The van der Waals surface area contributed by atoms with Crippen LogP contribution in [0.25, 0.3) is 0 Å². The third-order valence-corrected chi connectivity index (χ3v) is 8.66. The quantitative estimate of drug-likeness (QED) is 0.337. The molecule has 0 unspecified atom stereocenters. The van der Waals surface area contributed by atoms with E-state index in [0.717, 1.165) is 0 Å². The maximum atomic E-state index is 13.6. The first-order valence-electron chi connectivity index (χ1n) is 14.1. The number of fused-ring (bicyclic) bond motifs is 4. The average Bonchev–Trinajstić information content (AvgIpc) is 2.91. The van der Waals surface area contributed by atoms with Crippen molar-refractivity contribution in [3.05, 3.63) is 57.6 Å². The van der Waals surface area contributed by atoms with Crippen LogP contribution in [-0.2, 0) is 35.0 Å². The molecule has 0 saturated carbocycles. The zero-order valence-electron chi connectivity index (χ0n) is 23.7. The molecule has 4 aliphatic rings. The van der Waals surface area contributed by atoms with Gasteiger partial charge in [0.25, 0.3) is 0 Å². The van der Waals surface area contributed by atoms with E-state index in [1.54, 1.807) is 13.8 Å². The molecule has 12 heteroatoms. The number of aliphatic hydroxyl groups is 1. The number of phenols is 2. The van der Waals surface area contributed by atoms with E-state index in [-0.39, 0.29) is 58.4 Å². The number of hydrogen-bond acceptors (Lipinski definition) is 11. The first-order chi connectivity index (χ1) is 20.3. The molecule has 3 heterocycles. The van der Waals surface area contributed by atoms with Crippen molar-refractivity contribution in [3.63, 3.8) is 0 Å². The standard InChI is InChI=1S/C31H32O12/c1-12-18(32)8-21-30(41-12)43-29-13(2)40-19(9-20(29)42-21)15-6-7-17-24(26(15)36)28(38)16-5-4-14(25(35)23(16)27(17)37)10-31(3,39)11-22(33)34/h4-7,12-13,19-21,29-30,35-36,39H,8-11H2,1-3H3,(H,33,34)/t12-,13-,19+,20+,21+,29-,30-,31+/m0/s1. The van der Waals surface area contributed by atoms with E-state index in [0.29, 0.717) is 0 Å². The number of carboxylic acid groups (broad SMARTS) is 1. The van der Waals surface area contributed by atoms with Crippen LogP contribution in [0, 0.1) is 0 Å². The first kappa shape index (κ1) is 29.4. The van der Waals surface area contributed by atoms with E-state index in [2.05, 4.69) is 0 Å². The summed E-state index contributed by atoms with van der Waals surface area (Å²) in [6, 6.07) is 5.55. The predicted molar refractivity (Wildman–Crippen MR) is 145 cm³/mol. The molecule has 12 nitrogen and oxygen atoms in total. The monoisotopic (exact) mass is 596 g/mol. The van der Waals surface area contributed by atoms with Gasteiger partial charge in [-0.3, -0.25) is 19.2 Å². The molecule has 6 rings (SSSR count). The van der Waals surface area contributed by atoms with E-state index >= 15 is 0 Å². The third kappa shape index (κ3) is 5.02. The highest BCUT2D eigenvalue weighted by molar-refractivity contribution is 6.30. The van der Waals surface area contributed by atoms with Crippen LogP contribution in [0.3, 0.4) is 0 Å². The summed E-state index contributed by atoms with van der Waals surface area (Å²) in [5.74, 6) is -3.66. The highest BCUT2D eigenvalue weighted by atomic mass is 16.7. The summed E-state index contributed by atoms with van der Waals surface area (Å²) in [5.41, 5.74) is -2.09. The molecule has 2 aromatic rings. The van der Waals surface area contributed by atoms with Crippen LogP contribution in [0.15, 0.2) is 24.3 Å². The molecule has 4 N–H and O–H groups in total. The predicted octanol–water partition coefficient (Wildman–Crippen LogP) is 2.35. The van der Waals surface area contributed by atoms with Crippen molar-refractivity contribution in [2.24, 2.45) is 0 Å². The molecule has 0 bridgehead atoms. The zero-order chi connectivity index (χ0) is 31.0. The molecule has 3 saturated heterocycles. The molecular weight excluding hydrogens is 564 g/mol. The fraction of sp³-hybridized carbons (Fsp3) is 0.484. The number of rotatable bonds is 5. The van der Waals surface area contributed by atoms with Crippen LogP contribution in [0.4, 0.5) is 0 Å². The molecule has 43 heavy (non-hydrogen) atoms. The number of aliphatic carboxylic acids is 1. The van der Waals surface area contributed by atoms with E-state index in [9.17, 15) is 34.5 Å². The summed E-state index contributed by atoms with van der Waals surface area (Å²) in [4.78, 5) is 50.5. The summed E-state index contributed by atoms with van der Waals surface area (Å²) in [6.45, 7) is 4.75. The number of ether oxygens (including phenoxy) is 4. The summed E-state index contributed by atoms with van der Waals surface area (Å²) >= 11 is 0. The molecule has 0 amide bonds. The second kappa shape index (κ2) is 10.5. The second-order valence-corrected chi connectivity index (χ2v) is 12.0. The van der Waals surface area contributed by atoms with Gasteiger partial charge in [-0.2, -0.15) is 0 Å². The van der Waals surface area contributed by atoms with Gasteiger partial charge >= 0.3 is 5.97 Å². The lowest BCUT2D eigenvalue weighted by atomic mass is 9.79. The third-order valence-electron chi connectivity index (χ3n) is 8.66. The number of carbonyl (C=O) groups is 4. The number of ketones is 3. The SMILES string of the molecule is C[C@@H]1O[C@H]2O[C@H]3[C@H](C)O[C@@H](c4ccc5c(c4O)C(=O)c4ccc(C[C@@](C)(O)CC(=O)O)c(O)c4C5=O)C[C@H]3O[C@@H]2CC1=O. The van der Waals surface area contributed by atoms with Crippen molar-refractivity contribution in [1.29, 1.82) is 0 Å². The highest BCUT2D eigenvalue weighted by Crippen LogP contribution is 2.46. The van der Waals surface area contributed by atoms with Gasteiger partial charge in [0, 0.05) is 36.0 Å². The van der Waals surface area contributed by atoms with Crippen molar-refractivity contribution in [2.45, 2.75) is 95.0 Å². The number of carbonyl (C=O) groups excluding carboxylic acids is 3. The van der Waals surface area contributed by atoms with Crippen LogP contribution in [0.1, 0.15) is 89.1 Å². The molecule has 2 aromatic carbocycles. The fourth-order valence-electron chi connectivity index (χ4n) is 6.56. The molecule has 0 radical (unpaired) electrons. The largest absolute Gasteiger partial charge is 0.507 e. The Kier molecular flexibility index (Phi) is 7.17. The first-order valence-corrected chi connectivity index (χ1v) is 14.1. The van der Waals surface area contributed by atoms with Crippen molar-refractivity contribution in [2.75, 3.05) is 0 Å². The number of phenolic OH excluding ortho intramolecular Hbond substituents is 2. The molecule has 8 atom stereocenters. The fourth-order valence-corrected chi connectivity index (χ4v) is 6.56. The Morgan fingerprint density at radius 2 is 1.56 bits per heavy atom. The van der Waals surface area contributed by atoms with Gasteiger partial charge in [-0.05, 0) is 38.5 Å². The van der Waals surface area contributed by atoms with E-state index in [1.807, 2.05) is 0 Å². The molecule has 3 fully saturated rings. The lowest BCUT2D eigenvalue weighted by molar-refractivity contribution is -0.347. The topological polar surface area (TPSA) is 186 Å². The van der Waals surface area contributed by atoms with Crippen LogP contribution >= 0.6 is 0 Å². The maximum Gasteiger partial charge on any atom is 0.306 e. The lowest BCUT2D eigenvalue weighted by Gasteiger charge is -2.49. The van der Waals surface area contributed by atoms with Gasteiger partial charge in [0.1, 0.15) is 29.8 Å². The Labute approximate surface area is 246 Å². The van der Waals surface area contributed by atoms with Crippen molar-refractivity contribution >= 4 is 23.3 Å². The van der Waals surface area contributed by atoms with Crippen LogP contribution in [0.2, 0.25) is 0 Å². The normalized spacial score (nSPS) is 31.3. The Balaban J connectivity index is 1.28. The van der Waals surface area contributed by atoms with Crippen LogP contribution < -0.4 is 0 Å². The number of aromatic hydroxyl groups is 2. The van der Waals surface area contributed by atoms with E-state index in [1.165, 1.54) is 31.2 Å². The number of Topliss-reactive ketones (excluding diaryl/α,β-unsaturated/α-hetero) is 1. The summed E-state index contributed by atoms with van der Waals surface area (Å²) in [7, 11) is 0. The van der Waals surface area contributed by atoms with Gasteiger partial charge in [0.15, 0.2) is 23.6 Å². The van der Waals surface area contributed by atoms with Gasteiger partial charge in [0.2, 0.25) is 0 Å². The number of carboxylic acids is 1. The Bertz CT molecular complexity index is 1540. The minimum absolute atomic E-state index is 0.0838. The molecule has 0 aromatic heterocycles. The Morgan fingerprint density at radius 3 is 2.23 bits per heavy atom. The molecular formula is C31H32O12. The summed E-state index contributed by atoms with van der Waals surface area (Å²) in [5, 5.41) is 41.9. The molecule has 228 valence electrons.